The SMILES string of the molecule is Cc1noc(C2CCN(C(=O)c3c4c(nc5ccccc35)CCC4)CC2)n1. The van der Waals surface area contributed by atoms with Crippen LogP contribution in [-0.2, 0) is 12.8 Å². The molecule has 0 spiro atoms. The predicted molar refractivity (Wildman–Crippen MR) is 101 cm³/mol. The topological polar surface area (TPSA) is 72.1 Å². The number of piperidine rings is 1. The molecule has 1 fully saturated rings. The van der Waals surface area contributed by atoms with E-state index in [0.29, 0.717) is 11.7 Å². The summed E-state index contributed by atoms with van der Waals surface area (Å²) < 4.78 is 5.33. The molecule has 0 bridgehead atoms. The van der Waals surface area contributed by atoms with Crippen LogP contribution in [0.25, 0.3) is 10.9 Å². The van der Waals surface area contributed by atoms with Crippen molar-refractivity contribution in [3.05, 3.63) is 52.8 Å². The third-order valence-electron chi connectivity index (χ3n) is 5.81. The van der Waals surface area contributed by atoms with E-state index in [1.807, 2.05) is 36.1 Å². The summed E-state index contributed by atoms with van der Waals surface area (Å²) in [5.41, 5.74) is 4.07. The van der Waals surface area contributed by atoms with E-state index < -0.39 is 0 Å². The van der Waals surface area contributed by atoms with Crippen LogP contribution in [0.3, 0.4) is 0 Å². The highest BCUT2D eigenvalue weighted by Gasteiger charge is 2.31. The van der Waals surface area contributed by atoms with E-state index in [2.05, 4.69) is 10.1 Å². The molecule has 2 aromatic heterocycles. The maximum Gasteiger partial charge on any atom is 0.254 e. The average Bonchev–Trinajstić information content (AvgIpc) is 3.34. The number of likely N-dealkylation sites (tertiary alicyclic amines) is 1. The fraction of sp³-hybridized carbons (Fsp3) is 0.429. The lowest BCUT2D eigenvalue weighted by Gasteiger charge is -2.31. The maximum atomic E-state index is 13.5. The summed E-state index contributed by atoms with van der Waals surface area (Å²) >= 11 is 0. The smallest absolute Gasteiger partial charge is 0.254 e. The number of nitrogens with zero attached hydrogens (tertiary/aromatic N) is 4. The zero-order valence-electron chi connectivity index (χ0n) is 15.4. The van der Waals surface area contributed by atoms with Gasteiger partial charge in [-0.3, -0.25) is 9.78 Å². The van der Waals surface area contributed by atoms with Crippen LogP contribution in [0, 0.1) is 6.92 Å². The first kappa shape index (κ1) is 16.4. The van der Waals surface area contributed by atoms with Crippen LogP contribution in [0.2, 0.25) is 0 Å². The number of aryl methyl sites for hydroxylation is 2. The van der Waals surface area contributed by atoms with Crippen molar-refractivity contribution in [2.75, 3.05) is 13.1 Å². The molecule has 1 amide bonds. The van der Waals surface area contributed by atoms with Crippen molar-refractivity contribution in [3.8, 4) is 0 Å². The molecule has 0 radical (unpaired) electrons. The van der Waals surface area contributed by atoms with E-state index in [1.165, 1.54) is 0 Å². The lowest BCUT2D eigenvalue weighted by molar-refractivity contribution is 0.0705. The number of hydrogen-bond donors (Lipinski definition) is 0. The van der Waals surface area contributed by atoms with Gasteiger partial charge < -0.3 is 9.42 Å². The van der Waals surface area contributed by atoms with Crippen LogP contribution in [0.1, 0.15) is 58.5 Å². The van der Waals surface area contributed by atoms with Crippen molar-refractivity contribution >= 4 is 16.8 Å². The van der Waals surface area contributed by atoms with Gasteiger partial charge in [0.15, 0.2) is 5.82 Å². The van der Waals surface area contributed by atoms with Crippen LogP contribution in [0.15, 0.2) is 28.8 Å². The second-order valence-corrected chi connectivity index (χ2v) is 7.53. The molecule has 3 heterocycles. The molecule has 5 rings (SSSR count). The van der Waals surface area contributed by atoms with Crippen LogP contribution >= 0.6 is 0 Å². The molecule has 1 saturated heterocycles. The molecule has 0 atom stereocenters. The molecule has 2 aliphatic rings. The van der Waals surface area contributed by atoms with Gasteiger partial charge in [0.1, 0.15) is 0 Å². The van der Waals surface area contributed by atoms with Gasteiger partial charge in [0, 0.05) is 30.1 Å². The van der Waals surface area contributed by atoms with Crippen molar-refractivity contribution in [1.82, 2.24) is 20.0 Å². The summed E-state index contributed by atoms with van der Waals surface area (Å²) in [6.45, 7) is 3.27. The van der Waals surface area contributed by atoms with Crippen LogP contribution in [0.5, 0.6) is 0 Å². The number of hydrogen-bond acceptors (Lipinski definition) is 5. The standard InChI is InChI=1S/C21H22N4O2/c1-13-22-20(27-24-13)14-9-11-25(12-10-14)21(26)19-15-5-2-3-7-17(15)23-18-8-4-6-16(18)19/h2-3,5,7,14H,4,6,8-12H2,1H3. The molecule has 138 valence electrons. The Morgan fingerprint density at radius 2 is 1.96 bits per heavy atom. The predicted octanol–water partition coefficient (Wildman–Crippen LogP) is 3.43. The number of pyridine rings is 1. The minimum absolute atomic E-state index is 0.145. The highest BCUT2D eigenvalue weighted by molar-refractivity contribution is 6.07. The molecule has 6 heteroatoms. The lowest BCUT2D eigenvalue weighted by Crippen LogP contribution is -2.38. The fourth-order valence-electron chi connectivity index (χ4n) is 4.42. The Bertz CT molecular complexity index is 1020. The maximum absolute atomic E-state index is 13.5. The Kier molecular flexibility index (Phi) is 3.92. The molecular weight excluding hydrogens is 340 g/mol. The van der Waals surface area contributed by atoms with Crippen molar-refractivity contribution in [1.29, 1.82) is 0 Å². The Hall–Kier alpha value is -2.76. The van der Waals surface area contributed by atoms with Gasteiger partial charge in [0.05, 0.1) is 11.1 Å². The number of carbonyl (C=O) groups excluding carboxylic acids is 1. The first-order valence-corrected chi connectivity index (χ1v) is 9.70. The summed E-state index contributed by atoms with van der Waals surface area (Å²) in [5, 5.41) is 4.88. The molecule has 1 aliphatic carbocycles. The average molecular weight is 362 g/mol. The molecule has 0 unspecified atom stereocenters. The minimum atomic E-state index is 0.145. The van der Waals surface area contributed by atoms with Crippen molar-refractivity contribution in [2.24, 2.45) is 0 Å². The van der Waals surface area contributed by atoms with Gasteiger partial charge >= 0.3 is 0 Å². The van der Waals surface area contributed by atoms with Gasteiger partial charge in [-0.1, -0.05) is 23.4 Å². The number of carbonyl (C=O) groups is 1. The van der Waals surface area contributed by atoms with Gasteiger partial charge in [-0.2, -0.15) is 4.98 Å². The van der Waals surface area contributed by atoms with Crippen molar-refractivity contribution < 1.29 is 9.32 Å². The van der Waals surface area contributed by atoms with Gasteiger partial charge in [0.25, 0.3) is 5.91 Å². The van der Waals surface area contributed by atoms with Gasteiger partial charge in [-0.25, -0.2) is 0 Å². The summed E-state index contributed by atoms with van der Waals surface area (Å²) in [6.07, 6.45) is 4.72. The summed E-state index contributed by atoms with van der Waals surface area (Å²) in [5.74, 6) is 1.76. The molecule has 3 aromatic rings. The number of aromatic nitrogens is 3. The second-order valence-electron chi connectivity index (χ2n) is 7.53. The van der Waals surface area contributed by atoms with E-state index in [1.54, 1.807) is 0 Å². The van der Waals surface area contributed by atoms with Crippen LogP contribution in [-0.4, -0.2) is 39.0 Å². The highest BCUT2D eigenvalue weighted by Crippen LogP contribution is 2.33. The van der Waals surface area contributed by atoms with E-state index in [-0.39, 0.29) is 11.8 Å². The Morgan fingerprint density at radius 3 is 2.74 bits per heavy atom. The van der Waals surface area contributed by atoms with E-state index in [0.717, 1.165) is 72.9 Å². The molecular formula is C21H22N4O2. The zero-order chi connectivity index (χ0) is 18.4. The molecule has 1 aliphatic heterocycles. The number of fused-ring (bicyclic) bond motifs is 2. The normalized spacial score (nSPS) is 17.4. The zero-order valence-corrected chi connectivity index (χ0v) is 15.4. The largest absolute Gasteiger partial charge is 0.339 e. The fourth-order valence-corrected chi connectivity index (χ4v) is 4.42. The molecule has 27 heavy (non-hydrogen) atoms. The molecule has 6 nitrogen and oxygen atoms in total. The quantitative estimate of drug-likeness (QED) is 0.698. The van der Waals surface area contributed by atoms with Gasteiger partial charge in [-0.05, 0) is 50.7 Å². The number of amides is 1. The van der Waals surface area contributed by atoms with Crippen molar-refractivity contribution in [3.63, 3.8) is 0 Å². The van der Waals surface area contributed by atoms with Gasteiger partial charge in [-0.15, -0.1) is 0 Å². The van der Waals surface area contributed by atoms with Crippen LogP contribution in [0.4, 0.5) is 0 Å². The summed E-state index contributed by atoms with van der Waals surface area (Å²) in [6, 6.07) is 8.02. The first-order chi connectivity index (χ1) is 13.2. The number of benzene rings is 1. The van der Waals surface area contributed by atoms with Crippen LogP contribution < -0.4 is 0 Å². The monoisotopic (exact) mass is 362 g/mol. The Morgan fingerprint density at radius 1 is 1.15 bits per heavy atom. The number of para-hydroxylation sites is 1. The van der Waals surface area contributed by atoms with Crippen molar-refractivity contribution in [2.45, 2.75) is 44.9 Å². The lowest BCUT2D eigenvalue weighted by atomic mass is 9.94. The highest BCUT2D eigenvalue weighted by atomic mass is 16.5. The molecule has 0 saturated carbocycles. The summed E-state index contributed by atoms with van der Waals surface area (Å²) in [7, 11) is 0. The van der Waals surface area contributed by atoms with E-state index in [9.17, 15) is 4.79 Å². The minimum Gasteiger partial charge on any atom is -0.339 e. The van der Waals surface area contributed by atoms with E-state index >= 15 is 0 Å². The third-order valence-corrected chi connectivity index (χ3v) is 5.81. The second kappa shape index (κ2) is 6.44. The Balaban J connectivity index is 1.44. The number of rotatable bonds is 2. The Labute approximate surface area is 157 Å². The van der Waals surface area contributed by atoms with E-state index in [4.69, 9.17) is 9.51 Å². The first-order valence-electron chi connectivity index (χ1n) is 9.70. The molecule has 0 N–H and O–H groups in total. The third kappa shape index (κ3) is 2.80. The molecule has 1 aromatic carbocycles. The van der Waals surface area contributed by atoms with Gasteiger partial charge in [0.2, 0.25) is 5.89 Å². The summed E-state index contributed by atoms with van der Waals surface area (Å²) in [4.78, 5) is 24.6.